The van der Waals surface area contributed by atoms with Crippen molar-refractivity contribution in [1.29, 1.82) is 0 Å². The zero-order valence-corrected chi connectivity index (χ0v) is 15.7. The van der Waals surface area contributed by atoms with Crippen LogP contribution < -0.4 is 0 Å². The number of carbonyl (C=O) groups is 2. The molecular formula is C20H26N4O2. The van der Waals surface area contributed by atoms with Crippen LogP contribution in [-0.2, 0) is 10.3 Å². The number of hydrogen-bond donors (Lipinski definition) is 0. The molecule has 0 aliphatic carbocycles. The van der Waals surface area contributed by atoms with E-state index in [0.717, 1.165) is 12.1 Å². The van der Waals surface area contributed by atoms with Crippen LogP contribution in [0, 0.1) is 6.92 Å². The van der Waals surface area contributed by atoms with E-state index in [9.17, 15) is 9.59 Å². The molecule has 2 aromatic heterocycles. The molecule has 1 aliphatic heterocycles. The van der Waals surface area contributed by atoms with Crippen LogP contribution in [0.4, 0.5) is 0 Å². The molecule has 0 bridgehead atoms. The summed E-state index contributed by atoms with van der Waals surface area (Å²) in [6.07, 6.45) is 4.59. The van der Waals surface area contributed by atoms with Gasteiger partial charge in [-0.1, -0.05) is 6.07 Å². The van der Waals surface area contributed by atoms with E-state index >= 15 is 0 Å². The standard InChI is InChI=1S/C20H26N4O2/c1-16-8-6-9-17(21-16)18(25)22-10-7-11-23(15-14-22)19(26)20(2,3)24-12-4-5-13-24/h4-6,8-9,12-13H,7,10-11,14-15H2,1-3H3. The molecular weight excluding hydrogens is 328 g/mol. The van der Waals surface area contributed by atoms with E-state index in [2.05, 4.69) is 4.98 Å². The Balaban J connectivity index is 1.68. The van der Waals surface area contributed by atoms with Crippen LogP contribution in [0.3, 0.4) is 0 Å². The first-order valence-corrected chi connectivity index (χ1v) is 9.05. The van der Waals surface area contributed by atoms with Crippen LogP contribution in [0.5, 0.6) is 0 Å². The van der Waals surface area contributed by atoms with Crippen molar-refractivity contribution in [2.45, 2.75) is 32.7 Å². The first-order chi connectivity index (χ1) is 12.4. The highest BCUT2D eigenvalue weighted by Crippen LogP contribution is 2.20. The fourth-order valence-corrected chi connectivity index (χ4v) is 3.35. The molecule has 1 fully saturated rings. The molecule has 0 unspecified atom stereocenters. The quantitative estimate of drug-likeness (QED) is 0.850. The fourth-order valence-electron chi connectivity index (χ4n) is 3.35. The van der Waals surface area contributed by atoms with Gasteiger partial charge in [-0.25, -0.2) is 4.98 Å². The minimum atomic E-state index is -0.638. The molecule has 1 saturated heterocycles. The van der Waals surface area contributed by atoms with Crippen LogP contribution in [0.15, 0.2) is 42.7 Å². The van der Waals surface area contributed by atoms with Gasteiger partial charge in [-0.2, -0.15) is 0 Å². The summed E-state index contributed by atoms with van der Waals surface area (Å²) in [5.41, 5.74) is 0.661. The van der Waals surface area contributed by atoms with Crippen LogP contribution in [-0.4, -0.2) is 57.3 Å². The number of carbonyl (C=O) groups excluding carboxylic acids is 2. The number of nitrogens with zero attached hydrogens (tertiary/aromatic N) is 4. The topological polar surface area (TPSA) is 58.4 Å². The molecule has 3 heterocycles. The number of amides is 2. The van der Waals surface area contributed by atoms with Gasteiger partial charge in [0.15, 0.2) is 0 Å². The Bertz CT molecular complexity index is 783. The summed E-state index contributed by atoms with van der Waals surface area (Å²) in [6, 6.07) is 9.32. The Hall–Kier alpha value is -2.63. The molecule has 2 amide bonds. The van der Waals surface area contributed by atoms with Crippen molar-refractivity contribution in [1.82, 2.24) is 19.4 Å². The lowest BCUT2D eigenvalue weighted by molar-refractivity contribution is -0.139. The molecule has 0 spiro atoms. The van der Waals surface area contributed by atoms with Gasteiger partial charge in [-0.05, 0) is 51.5 Å². The second kappa shape index (κ2) is 7.32. The first kappa shape index (κ1) is 18.2. The number of pyridine rings is 1. The summed E-state index contributed by atoms with van der Waals surface area (Å²) < 4.78 is 1.93. The normalized spacial score (nSPS) is 15.7. The Morgan fingerprint density at radius 2 is 1.62 bits per heavy atom. The number of hydrogen-bond acceptors (Lipinski definition) is 3. The van der Waals surface area contributed by atoms with Gasteiger partial charge in [-0.3, -0.25) is 9.59 Å². The SMILES string of the molecule is Cc1cccc(C(=O)N2CCCN(C(=O)C(C)(C)n3cccc3)CC2)n1. The lowest BCUT2D eigenvalue weighted by atomic mass is 10.0. The molecule has 0 radical (unpaired) electrons. The van der Waals surface area contributed by atoms with Crippen molar-refractivity contribution in [3.05, 3.63) is 54.1 Å². The van der Waals surface area contributed by atoms with Crippen LogP contribution in [0.1, 0.15) is 36.5 Å². The average Bonchev–Trinajstić information content (AvgIpc) is 3.07. The Morgan fingerprint density at radius 1 is 0.962 bits per heavy atom. The van der Waals surface area contributed by atoms with Crippen molar-refractivity contribution >= 4 is 11.8 Å². The number of aromatic nitrogens is 2. The minimum Gasteiger partial charge on any atom is -0.340 e. The number of aryl methyl sites for hydroxylation is 1. The maximum atomic E-state index is 13.1. The predicted molar refractivity (Wildman–Crippen MR) is 99.8 cm³/mol. The molecule has 26 heavy (non-hydrogen) atoms. The molecule has 0 N–H and O–H groups in total. The third-order valence-corrected chi connectivity index (χ3v) is 4.95. The highest BCUT2D eigenvalue weighted by molar-refractivity contribution is 5.92. The second-order valence-electron chi connectivity index (χ2n) is 7.25. The highest BCUT2D eigenvalue weighted by atomic mass is 16.2. The van der Waals surface area contributed by atoms with Crippen LogP contribution in [0.2, 0.25) is 0 Å². The maximum absolute atomic E-state index is 13.1. The summed E-state index contributed by atoms with van der Waals surface area (Å²) in [4.78, 5) is 33.8. The first-order valence-electron chi connectivity index (χ1n) is 9.05. The van der Waals surface area contributed by atoms with E-state index in [4.69, 9.17) is 0 Å². The Morgan fingerprint density at radius 3 is 2.31 bits per heavy atom. The molecule has 6 nitrogen and oxygen atoms in total. The van der Waals surface area contributed by atoms with E-state index in [-0.39, 0.29) is 11.8 Å². The molecule has 0 saturated carbocycles. The van der Waals surface area contributed by atoms with Gasteiger partial charge in [0.05, 0.1) is 0 Å². The van der Waals surface area contributed by atoms with E-state index in [1.165, 1.54) is 0 Å². The van der Waals surface area contributed by atoms with Crippen molar-refractivity contribution in [3.63, 3.8) is 0 Å². The summed E-state index contributed by atoms with van der Waals surface area (Å²) in [5, 5.41) is 0. The average molecular weight is 354 g/mol. The third-order valence-electron chi connectivity index (χ3n) is 4.95. The van der Waals surface area contributed by atoms with Gasteiger partial charge >= 0.3 is 0 Å². The highest BCUT2D eigenvalue weighted by Gasteiger charge is 2.34. The second-order valence-corrected chi connectivity index (χ2v) is 7.25. The number of rotatable bonds is 3. The monoisotopic (exact) mass is 354 g/mol. The third kappa shape index (κ3) is 3.64. The summed E-state index contributed by atoms with van der Waals surface area (Å²) in [5.74, 6) is 0.0179. The summed E-state index contributed by atoms with van der Waals surface area (Å²) in [6.45, 7) is 8.11. The zero-order valence-electron chi connectivity index (χ0n) is 15.7. The fraction of sp³-hybridized carbons (Fsp3) is 0.450. The van der Waals surface area contributed by atoms with E-state index in [0.29, 0.717) is 31.9 Å². The largest absolute Gasteiger partial charge is 0.340 e. The molecule has 1 aliphatic rings. The lowest BCUT2D eigenvalue weighted by Gasteiger charge is -2.32. The molecule has 0 aromatic carbocycles. The smallest absolute Gasteiger partial charge is 0.272 e. The van der Waals surface area contributed by atoms with Gasteiger partial charge < -0.3 is 14.4 Å². The van der Waals surface area contributed by atoms with Crippen molar-refractivity contribution in [3.8, 4) is 0 Å². The van der Waals surface area contributed by atoms with Gasteiger partial charge in [-0.15, -0.1) is 0 Å². The van der Waals surface area contributed by atoms with Gasteiger partial charge in [0.1, 0.15) is 11.2 Å². The van der Waals surface area contributed by atoms with Crippen molar-refractivity contribution in [2.75, 3.05) is 26.2 Å². The van der Waals surface area contributed by atoms with E-state index < -0.39 is 5.54 Å². The Labute approximate surface area is 154 Å². The summed E-state index contributed by atoms with van der Waals surface area (Å²) >= 11 is 0. The van der Waals surface area contributed by atoms with Gasteiger partial charge in [0.25, 0.3) is 5.91 Å². The van der Waals surface area contributed by atoms with Crippen LogP contribution in [0.25, 0.3) is 0 Å². The maximum Gasteiger partial charge on any atom is 0.272 e. The van der Waals surface area contributed by atoms with E-state index in [1.807, 2.05) is 66.9 Å². The van der Waals surface area contributed by atoms with E-state index in [1.54, 1.807) is 11.0 Å². The zero-order chi connectivity index (χ0) is 18.7. The van der Waals surface area contributed by atoms with Crippen molar-refractivity contribution < 1.29 is 9.59 Å². The van der Waals surface area contributed by atoms with Crippen LogP contribution >= 0.6 is 0 Å². The lowest BCUT2D eigenvalue weighted by Crippen LogP contribution is -2.48. The van der Waals surface area contributed by atoms with Gasteiger partial charge in [0.2, 0.25) is 5.91 Å². The molecule has 138 valence electrons. The molecule has 6 heteroatoms. The summed E-state index contributed by atoms with van der Waals surface area (Å²) in [7, 11) is 0. The Kier molecular flexibility index (Phi) is 5.11. The minimum absolute atomic E-state index is 0.0623. The predicted octanol–water partition coefficient (Wildman–Crippen LogP) is 2.30. The van der Waals surface area contributed by atoms with Crippen molar-refractivity contribution in [2.24, 2.45) is 0 Å². The molecule has 3 rings (SSSR count). The molecule has 0 atom stereocenters. The molecule has 2 aromatic rings. The van der Waals surface area contributed by atoms with Gasteiger partial charge in [0, 0.05) is 44.3 Å².